The van der Waals surface area contributed by atoms with Crippen LogP contribution in [-0.2, 0) is 0 Å². The van der Waals surface area contributed by atoms with Crippen molar-refractivity contribution in [2.45, 2.75) is 6.92 Å². The first-order valence-electron chi connectivity index (χ1n) is 0.996. The Morgan fingerprint density at radius 2 is 1.60 bits per heavy atom. The van der Waals surface area contributed by atoms with E-state index in [-0.39, 0.29) is 46.6 Å². The maximum Gasteiger partial charge on any atom is 2.00 e. The van der Waals surface area contributed by atoms with Crippen LogP contribution in [0, 0.1) is 0 Å². The van der Waals surface area contributed by atoms with Crippen LogP contribution in [0.4, 0.5) is 0 Å². The molecule has 0 N–H and O–H groups in total. The Labute approximate surface area is 58.7 Å². The molecule has 5 heavy (non-hydrogen) atoms. The number of rotatable bonds is 0. The van der Waals surface area contributed by atoms with Crippen LogP contribution in [-0.4, -0.2) is 29.7 Å². The van der Waals surface area contributed by atoms with Gasteiger partial charge in [0.2, 0.25) is 0 Å². The summed E-state index contributed by atoms with van der Waals surface area (Å²) in [5.41, 5.74) is 0. The monoisotopic (exact) mass is 148 g/mol. The van der Waals surface area contributed by atoms with Gasteiger partial charge in [0.05, 0.1) is 0 Å². The molecule has 0 saturated carbocycles. The molecule has 0 rings (SSSR count). The van der Waals surface area contributed by atoms with E-state index >= 15 is 0 Å². The molecule has 0 aromatic rings. The van der Waals surface area contributed by atoms with E-state index in [2.05, 4.69) is 0 Å². The molecule has 0 radical (unpaired) electrons. The molecule has 0 spiro atoms. The van der Waals surface area contributed by atoms with Gasteiger partial charge in [-0.05, 0) is 0 Å². The van der Waals surface area contributed by atoms with Crippen molar-refractivity contribution in [2.75, 3.05) is 6.61 Å². The molecule has 1 nitrogen and oxygen atoms in total. The van der Waals surface area contributed by atoms with Gasteiger partial charge in [-0.3, -0.25) is 0 Å². The summed E-state index contributed by atoms with van der Waals surface area (Å²) < 4.78 is 0. The standard InChI is InChI=1S/C2H5O.BrH.Mg/c1-2-3;;/h2H2,1H3;1H;/q-1;;+2/p-1. The van der Waals surface area contributed by atoms with E-state index in [1.165, 1.54) is 0 Å². The van der Waals surface area contributed by atoms with Crippen LogP contribution < -0.4 is 22.1 Å². The summed E-state index contributed by atoms with van der Waals surface area (Å²) in [6, 6.07) is 0. The molecule has 0 amide bonds. The van der Waals surface area contributed by atoms with E-state index in [4.69, 9.17) is 5.11 Å². The van der Waals surface area contributed by atoms with Crippen molar-refractivity contribution in [3.63, 3.8) is 0 Å². The van der Waals surface area contributed by atoms with Crippen molar-refractivity contribution in [2.24, 2.45) is 0 Å². The molecule has 0 fully saturated rings. The molecule has 0 heterocycles. The van der Waals surface area contributed by atoms with Gasteiger partial charge < -0.3 is 22.1 Å². The fourth-order valence-corrected chi connectivity index (χ4v) is 0. The summed E-state index contributed by atoms with van der Waals surface area (Å²) in [6.07, 6.45) is 0. The molecule has 0 bridgehead atoms. The number of hydrogen-bond acceptors (Lipinski definition) is 1. The van der Waals surface area contributed by atoms with Crippen LogP contribution in [0.3, 0.4) is 0 Å². The second-order valence-corrected chi connectivity index (χ2v) is 0.289. The Balaban J connectivity index is -0.0000000200. The number of halogens is 1. The summed E-state index contributed by atoms with van der Waals surface area (Å²) in [5.74, 6) is 0. The van der Waals surface area contributed by atoms with Gasteiger partial charge in [0.25, 0.3) is 0 Å². The first-order valence-corrected chi connectivity index (χ1v) is 0.996. The van der Waals surface area contributed by atoms with Crippen LogP contribution in [0.1, 0.15) is 6.92 Å². The SMILES string of the molecule is CC[O-].[Br-].[Mg+2]. The fourth-order valence-electron chi connectivity index (χ4n) is 0. The van der Waals surface area contributed by atoms with Gasteiger partial charge in [-0.15, -0.1) is 6.61 Å². The molecule has 0 aliphatic heterocycles. The van der Waals surface area contributed by atoms with Gasteiger partial charge >= 0.3 is 23.1 Å². The summed E-state index contributed by atoms with van der Waals surface area (Å²) in [5, 5.41) is 8.93. The van der Waals surface area contributed by atoms with Crippen LogP contribution in [0.15, 0.2) is 0 Å². The number of hydrogen-bond donors (Lipinski definition) is 0. The third kappa shape index (κ3) is 36.8. The van der Waals surface area contributed by atoms with Crippen molar-refractivity contribution in [1.29, 1.82) is 0 Å². The van der Waals surface area contributed by atoms with Crippen molar-refractivity contribution < 1.29 is 22.1 Å². The summed E-state index contributed by atoms with van der Waals surface area (Å²) in [6.45, 7) is 1.57. The maximum atomic E-state index is 8.93. The van der Waals surface area contributed by atoms with Gasteiger partial charge in [-0.1, -0.05) is 6.92 Å². The Bertz CT molecular complexity index is 9.61. The first kappa shape index (κ1) is 16.4. The van der Waals surface area contributed by atoms with E-state index in [0.29, 0.717) is 0 Å². The van der Waals surface area contributed by atoms with E-state index in [0.717, 1.165) is 0 Å². The topological polar surface area (TPSA) is 23.1 Å². The van der Waals surface area contributed by atoms with Crippen molar-refractivity contribution in [1.82, 2.24) is 0 Å². The molecule has 0 unspecified atom stereocenters. The largest absolute Gasteiger partial charge is 2.00 e. The molecule has 3 heteroatoms. The normalized spacial score (nSPS) is 3.60. The van der Waals surface area contributed by atoms with E-state index in [9.17, 15) is 0 Å². The quantitative estimate of drug-likeness (QED) is 0.322. The Morgan fingerprint density at radius 1 is 1.60 bits per heavy atom. The van der Waals surface area contributed by atoms with Gasteiger partial charge in [0.1, 0.15) is 0 Å². The average Bonchev–Trinajstić information content (AvgIpc) is 0.918. The zero-order valence-electron chi connectivity index (χ0n) is 3.20. The van der Waals surface area contributed by atoms with E-state index in [1.54, 1.807) is 6.92 Å². The smallest absolute Gasteiger partial charge is 1.00 e. The minimum absolute atomic E-state index is 0. The molecular formula is C2H5BrMgO. The van der Waals surface area contributed by atoms with Crippen molar-refractivity contribution in [3.8, 4) is 0 Å². The molecule has 0 atom stereocenters. The third-order valence-corrected chi connectivity index (χ3v) is 0. The molecular weight excluding hydrogens is 144 g/mol. The fraction of sp³-hybridized carbons (Fsp3) is 1.00. The molecule has 28 valence electrons. The van der Waals surface area contributed by atoms with Crippen LogP contribution >= 0.6 is 0 Å². The predicted octanol–water partition coefficient (Wildman–Crippen LogP) is -4.01. The predicted molar refractivity (Wildman–Crippen MR) is 16.3 cm³/mol. The zero-order valence-corrected chi connectivity index (χ0v) is 6.20. The van der Waals surface area contributed by atoms with Crippen molar-refractivity contribution in [3.05, 3.63) is 0 Å². The van der Waals surface area contributed by atoms with Gasteiger partial charge in [-0.2, -0.15) is 0 Å². The Hall–Kier alpha value is 1.21. The first-order chi connectivity index (χ1) is 1.41. The molecule has 0 aliphatic carbocycles. The van der Waals surface area contributed by atoms with Gasteiger partial charge in [-0.25, -0.2) is 0 Å². The zero-order chi connectivity index (χ0) is 2.71. The van der Waals surface area contributed by atoms with Gasteiger partial charge in [0.15, 0.2) is 0 Å². The average molecular weight is 149 g/mol. The second-order valence-electron chi connectivity index (χ2n) is 0.289. The third-order valence-electron chi connectivity index (χ3n) is 0. The van der Waals surface area contributed by atoms with E-state index in [1.807, 2.05) is 0 Å². The summed E-state index contributed by atoms with van der Waals surface area (Å²) in [7, 11) is 0. The van der Waals surface area contributed by atoms with Crippen molar-refractivity contribution >= 4 is 23.1 Å². The molecule has 0 saturated heterocycles. The van der Waals surface area contributed by atoms with Crippen LogP contribution in [0.5, 0.6) is 0 Å². The Morgan fingerprint density at radius 3 is 1.60 bits per heavy atom. The van der Waals surface area contributed by atoms with Crippen LogP contribution in [0.25, 0.3) is 0 Å². The van der Waals surface area contributed by atoms with E-state index < -0.39 is 0 Å². The van der Waals surface area contributed by atoms with Crippen LogP contribution in [0.2, 0.25) is 0 Å². The molecule has 0 aromatic heterocycles. The molecule has 0 aliphatic rings. The maximum absolute atomic E-state index is 8.93. The molecule has 0 aromatic carbocycles. The minimum atomic E-state index is 0. The minimum Gasteiger partial charge on any atom is -1.00 e. The van der Waals surface area contributed by atoms with Gasteiger partial charge in [0, 0.05) is 0 Å². The second kappa shape index (κ2) is 18.9. The summed E-state index contributed by atoms with van der Waals surface area (Å²) in [4.78, 5) is 0. The summed E-state index contributed by atoms with van der Waals surface area (Å²) >= 11 is 0. The Kier molecular flexibility index (Phi) is 61.9.